The molecular formula is C16H23F4N3O2. The zero-order chi connectivity index (χ0) is 18.9. The lowest BCUT2D eigenvalue weighted by Crippen LogP contribution is -2.34. The van der Waals surface area contributed by atoms with Crippen molar-refractivity contribution in [2.75, 3.05) is 5.32 Å². The molecule has 1 aromatic rings. The van der Waals surface area contributed by atoms with Gasteiger partial charge in [-0.25, -0.2) is 22.4 Å². The second kappa shape index (κ2) is 7.21. The molecule has 9 heteroatoms. The number of nitrogens with zero attached hydrogens (tertiary/aromatic N) is 2. The van der Waals surface area contributed by atoms with Crippen molar-refractivity contribution in [3.63, 3.8) is 0 Å². The van der Waals surface area contributed by atoms with Gasteiger partial charge in [-0.3, -0.25) is 10.00 Å². The van der Waals surface area contributed by atoms with Gasteiger partial charge in [0.2, 0.25) is 12.3 Å². The standard InChI is InChI=1S/C16H23F4N3O2/c1-8(13(17)18)5-9(2)25-15(24)21-14-10(3)12(22-23(14)4)11-6-16(19,20)7-11/h8-9,11,13H,5-7H2,1-4H3,(H,21,24)/t8?,9-/m1/s1. The number of nitrogens with one attached hydrogen (secondary N) is 1. The SMILES string of the molecule is Cc1c(C2CC(F)(F)C2)nn(C)c1NC(=O)O[C@H](C)CC(C)C(F)F. The van der Waals surface area contributed by atoms with Crippen molar-refractivity contribution in [1.29, 1.82) is 0 Å². The first kappa shape index (κ1) is 19.5. The zero-order valence-corrected chi connectivity index (χ0v) is 14.7. The van der Waals surface area contributed by atoms with Crippen LogP contribution in [0.25, 0.3) is 0 Å². The number of rotatable bonds is 6. The van der Waals surface area contributed by atoms with Crippen LogP contribution in [-0.2, 0) is 11.8 Å². The van der Waals surface area contributed by atoms with E-state index < -0.39 is 30.5 Å². The fourth-order valence-electron chi connectivity index (χ4n) is 3.05. The Morgan fingerprint density at radius 1 is 1.40 bits per heavy atom. The maximum atomic E-state index is 13.0. The van der Waals surface area contributed by atoms with E-state index in [-0.39, 0.29) is 25.2 Å². The van der Waals surface area contributed by atoms with E-state index in [0.717, 1.165) is 0 Å². The molecule has 2 atom stereocenters. The van der Waals surface area contributed by atoms with Gasteiger partial charge in [-0.05, 0) is 20.3 Å². The molecule has 0 aliphatic heterocycles. The molecule has 1 amide bonds. The number of carbonyl (C=O) groups is 1. The molecule has 0 aromatic carbocycles. The zero-order valence-electron chi connectivity index (χ0n) is 14.7. The number of amides is 1. The van der Waals surface area contributed by atoms with E-state index in [4.69, 9.17) is 4.74 Å². The minimum atomic E-state index is -2.65. The van der Waals surface area contributed by atoms with Crippen LogP contribution < -0.4 is 5.32 Å². The summed E-state index contributed by atoms with van der Waals surface area (Å²) < 4.78 is 57.6. The third kappa shape index (κ3) is 4.64. The molecule has 1 fully saturated rings. The molecule has 142 valence electrons. The second-order valence-electron chi connectivity index (χ2n) is 6.83. The number of alkyl halides is 4. The van der Waals surface area contributed by atoms with Crippen molar-refractivity contribution in [3.05, 3.63) is 11.3 Å². The van der Waals surface area contributed by atoms with Gasteiger partial charge in [-0.1, -0.05) is 6.92 Å². The van der Waals surface area contributed by atoms with E-state index in [1.54, 1.807) is 14.0 Å². The van der Waals surface area contributed by atoms with Crippen LogP contribution in [0.5, 0.6) is 0 Å². The average Bonchev–Trinajstić information content (AvgIpc) is 2.72. The molecule has 1 aliphatic carbocycles. The summed E-state index contributed by atoms with van der Waals surface area (Å²) in [6.45, 7) is 4.61. The largest absolute Gasteiger partial charge is 0.446 e. The fraction of sp³-hybridized carbons (Fsp3) is 0.750. The number of aromatic nitrogens is 2. The van der Waals surface area contributed by atoms with Gasteiger partial charge < -0.3 is 4.74 Å². The minimum absolute atomic E-state index is 0.0395. The first-order chi connectivity index (χ1) is 11.5. The van der Waals surface area contributed by atoms with Crippen LogP contribution in [0.2, 0.25) is 0 Å². The Labute approximate surface area is 143 Å². The number of anilines is 1. The molecule has 1 aromatic heterocycles. The summed E-state index contributed by atoms with van der Waals surface area (Å²) in [5.41, 5.74) is 1.14. The molecule has 0 saturated heterocycles. The molecule has 5 nitrogen and oxygen atoms in total. The van der Waals surface area contributed by atoms with Gasteiger partial charge in [0, 0.05) is 37.3 Å². The van der Waals surface area contributed by atoms with Crippen molar-refractivity contribution in [2.45, 2.75) is 64.4 Å². The van der Waals surface area contributed by atoms with Crippen LogP contribution in [0.3, 0.4) is 0 Å². The lowest BCUT2D eigenvalue weighted by atomic mass is 9.78. The Morgan fingerprint density at radius 3 is 2.52 bits per heavy atom. The van der Waals surface area contributed by atoms with Gasteiger partial charge in [-0.2, -0.15) is 5.10 Å². The highest BCUT2D eigenvalue weighted by molar-refractivity contribution is 5.84. The Balaban J connectivity index is 1.96. The molecule has 0 spiro atoms. The molecule has 1 aliphatic rings. The van der Waals surface area contributed by atoms with Crippen LogP contribution in [0.1, 0.15) is 50.3 Å². The van der Waals surface area contributed by atoms with Gasteiger partial charge in [-0.15, -0.1) is 0 Å². The van der Waals surface area contributed by atoms with Crippen LogP contribution in [0.15, 0.2) is 0 Å². The highest BCUT2D eigenvalue weighted by Crippen LogP contribution is 2.49. The Bertz CT molecular complexity index is 625. The predicted molar refractivity (Wildman–Crippen MR) is 84.2 cm³/mol. The van der Waals surface area contributed by atoms with Crippen LogP contribution >= 0.6 is 0 Å². The van der Waals surface area contributed by atoms with Gasteiger partial charge in [0.15, 0.2) is 0 Å². The summed E-state index contributed by atoms with van der Waals surface area (Å²) >= 11 is 0. The Hall–Kier alpha value is -1.80. The Kier molecular flexibility index (Phi) is 5.63. The molecule has 1 saturated carbocycles. The second-order valence-corrected chi connectivity index (χ2v) is 6.83. The number of aryl methyl sites for hydroxylation is 1. The van der Waals surface area contributed by atoms with Crippen molar-refractivity contribution >= 4 is 11.9 Å². The molecule has 25 heavy (non-hydrogen) atoms. The summed E-state index contributed by atoms with van der Waals surface area (Å²) in [4.78, 5) is 12.0. The maximum absolute atomic E-state index is 13.0. The third-order valence-corrected chi connectivity index (χ3v) is 4.46. The molecular weight excluding hydrogens is 342 g/mol. The van der Waals surface area contributed by atoms with Crippen molar-refractivity contribution in [2.24, 2.45) is 13.0 Å². The molecule has 1 N–H and O–H groups in total. The summed E-state index contributed by atoms with van der Waals surface area (Å²) in [6, 6.07) is 0. The number of hydrogen-bond acceptors (Lipinski definition) is 3. The number of carbonyl (C=O) groups excluding carboxylic acids is 1. The van der Waals surface area contributed by atoms with Gasteiger partial charge in [0.1, 0.15) is 11.9 Å². The highest BCUT2D eigenvalue weighted by atomic mass is 19.3. The molecule has 2 rings (SSSR count). The topological polar surface area (TPSA) is 56.2 Å². The average molecular weight is 365 g/mol. The number of hydrogen-bond donors (Lipinski definition) is 1. The molecule has 0 radical (unpaired) electrons. The number of halogens is 4. The summed E-state index contributed by atoms with van der Waals surface area (Å²) in [6.07, 6.45) is -4.41. The van der Waals surface area contributed by atoms with Crippen molar-refractivity contribution in [3.8, 4) is 0 Å². The molecule has 1 unspecified atom stereocenters. The van der Waals surface area contributed by atoms with Crippen molar-refractivity contribution in [1.82, 2.24) is 9.78 Å². The van der Waals surface area contributed by atoms with Crippen LogP contribution in [0, 0.1) is 12.8 Å². The van der Waals surface area contributed by atoms with E-state index >= 15 is 0 Å². The third-order valence-electron chi connectivity index (χ3n) is 4.46. The maximum Gasteiger partial charge on any atom is 0.413 e. The first-order valence-corrected chi connectivity index (χ1v) is 8.17. The van der Waals surface area contributed by atoms with E-state index in [1.165, 1.54) is 18.5 Å². The monoisotopic (exact) mass is 365 g/mol. The fourth-order valence-corrected chi connectivity index (χ4v) is 3.05. The molecule has 0 bridgehead atoms. The number of ether oxygens (including phenoxy) is 1. The lowest BCUT2D eigenvalue weighted by molar-refractivity contribution is -0.0877. The summed E-state index contributed by atoms with van der Waals surface area (Å²) in [7, 11) is 1.59. The smallest absolute Gasteiger partial charge is 0.413 e. The van der Waals surface area contributed by atoms with Gasteiger partial charge in [0.25, 0.3) is 0 Å². The quantitative estimate of drug-likeness (QED) is 0.757. The Morgan fingerprint density at radius 2 is 2.00 bits per heavy atom. The van der Waals surface area contributed by atoms with E-state index in [1.807, 2.05) is 0 Å². The lowest BCUT2D eigenvalue weighted by Gasteiger charge is -2.34. The van der Waals surface area contributed by atoms with E-state index in [0.29, 0.717) is 17.1 Å². The van der Waals surface area contributed by atoms with E-state index in [2.05, 4.69) is 10.4 Å². The minimum Gasteiger partial charge on any atom is -0.446 e. The van der Waals surface area contributed by atoms with E-state index in [9.17, 15) is 22.4 Å². The van der Waals surface area contributed by atoms with Gasteiger partial charge >= 0.3 is 6.09 Å². The molecule has 1 heterocycles. The van der Waals surface area contributed by atoms with Crippen molar-refractivity contribution < 1.29 is 27.1 Å². The summed E-state index contributed by atoms with van der Waals surface area (Å²) in [5.74, 6) is -3.52. The first-order valence-electron chi connectivity index (χ1n) is 8.17. The highest BCUT2D eigenvalue weighted by Gasteiger charge is 2.47. The van der Waals surface area contributed by atoms with Crippen LogP contribution in [0.4, 0.5) is 28.2 Å². The summed E-state index contributed by atoms with van der Waals surface area (Å²) in [5, 5.41) is 6.74. The normalized spacial score (nSPS) is 19.4. The van der Waals surface area contributed by atoms with Gasteiger partial charge in [0.05, 0.1) is 5.69 Å². The van der Waals surface area contributed by atoms with Crippen LogP contribution in [-0.4, -0.2) is 34.3 Å². The predicted octanol–water partition coefficient (Wildman–Crippen LogP) is 4.47.